The number of rotatable bonds is 8. The average Bonchev–Trinajstić information content (AvgIpc) is 2.55. The van der Waals surface area contributed by atoms with Crippen molar-refractivity contribution in [1.82, 2.24) is 5.32 Å². The van der Waals surface area contributed by atoms with Gasteiger partial charge in [-0.2, -0.15) is 0 Å². The van der Waals surface area contributed by atoms with Crippen LogP contribution in [0.25, 0.3) is 0 Å². The molecule has 0 bridgehead atoms. The first kappa shape index (κ1) is 19.3. The van der Waals surface area contributed by atoms with E-state index in [0.717, 1.165) is 0 Å². The van der Waals surface area contributed by atoms with Gasteiger partial charge in [0, 0.05) is 6.42 Å². The molecule has 0 aliphatic heterocycles. The van der Waals surface area contributed by atoms with E-state index in [9.17, 15) is 19.1 Å². The SMILES string of the molecule is C=C(/C=C\C=C/C)[C@H](N)C(=O)NC(Cc1ccc(F)cc1)C(=O)O. The molecule has 0 radical (unpaired) electrons. The van der Waals surface area contributed by atoms with Gasteiger partial charge in [0.2, 0.25) is 5.91 Å². The number of nitrogens with one attached hydrogen (secondary N) is 1. The van der Waals surface area contributed by atoms with Crippen molar-refractivity contribution >= 4 is 11.9 Å². The maximum Gasteiger partial charge on any atom is 0.326 e. The number of nitrogens with two attached hydrogens (primary N) is 1. The van der Waals surface area contributed by atoms with Gasteiger partial charge in [-0.3, -0.25) is 4.79 Å². The summed E-state index contributed by atoms with van der Waals surface area (Å²) in [6, 6.07) is 3.18. The molecule has 1 aromatic carbocycles. The predicted octanol–water partition coefficient (Wildman–Crippen LogP) is 1.95. The molecular formula is C18H21FN2O3. The van der Waals surface area contributed by atoms with Gasteiger partial charge in [-0.05, 0) is 30.2 Å². The first-order valence-corrected chi connectivity index (χ1v) is 7.36. The summed E-state index contributed by atoms with van der Waals surface area (Å²) >= 11 is 0. The van der Waals surface area contributed by atoms with E-state index in [-0.39, 0.29) is 6.42 Å². The van der Waals surface area contributed by atoms with Crippen LogP contribution < -0.4 is 11.1 Å². The van der Waals surface area contributed by atoms with Crippen molar-refractivity contribution in [3.8, 4) is 0 Å². The summed E-state index contributed by atoms with van der Waals surface area (Å²) in [4.78, 5) is 23.4. The highest BCUT2D eigenvalue weighted by molar-refractivity contribution is 5.89. The third kappa shape index (κ3) is 6.18. The molecule has 6 heteroatoms. The Morgan fingerprint density at radius 2 is 1.96 bits per heavy atom. The van der Waals surface area contributed by atoms with Crippen LogP contribution in [0.1, 0.15) is 12.5 Å². The standard InChI is InChI=1S/C18H21FN2O3/c1-3-4-5-6-12(2)16(20)17(22)21-15(18(23)24)11-13-7-9-14(19)10-8-13/h3-10,15-16H,2,11,20H2,1H3,(H,21,22)(H,23,24)/b4-3-,6-5-/t15?,16-/m0/s1. The topological polar surface area (TPSA) is 92.4 Å². The summed E-state index contributed by atoms with van der Waals surface area (Å²) in [6.45, 7) is 5.54. The zero-order valence-corrected chi connectivity index (χ0v) is 13.4. The van der Waals surface area contributed by atoms with E-state index in [4.69, 9.17) is 5.73 Å². The molecule has 0 aromatic heterocycles. The van der Waals surface area contributed by atoms with Crippen molar-refractivity contribution in [3.05, 3.63) is 72.1 Å². The Morgan fingerprint density at radius 1 is 1.33 bits per heavy atom. The fourth-order valence-corrected chi connectivity index (χ4v) is 1.88. The van der Waals surface area contributed by atoms with Crippen molar-refractivity contribution in [1.29, 1.82) is 0 Å². The molecule has 0 fully saturated rings. The number of amides is 1. The Morgan fingerprint density at radius 3 is 2.50 bits per heavy atom. The minimum Gasteiger partial charge on any atom is -0.480 e. The maximum atomic E-state index is 12.9. The number of hydrogen-bond acceptors (Lipinski definition) is 3. The van der Waals surface area contributed by atoms with E-state index >= 15 is 0 Å². The molecule has 1 rings (SSSR count). The molecule has 1 aromatic rings. The smallest absolute Gasteiger partial charge is 0.326 e. The molecule has 0 saturated heterocycles. The number of benzene rings is 1. The molecule has 0 aliphatic rings. The van der Waals surface area contributed by atoms with Gasteiger partial charge in [-0.15, -0.1) is 0 Å². The fraction of sp³-hybridized carbons (Fsp3) is 0.222. The Kier molecular flexibility index (Phi) is 7.58. The molecule has 4 N–H and O–H groups in total. The van der Waals surface area contributed by atoms with Gasteiger partial charge in [-0.25, -0.2) is 9.18 Å². The molecule has 1 unspecified atom stereocenters. The number of allylic oxidation sites excluding steroid dienone is 3. The number of carboxylic acid groups (broad SMARTS) is 1. The monoisotopic (exact) mass is 332 g/mol. The quantitative estimate of drug-likeness (QED) is 0.635. The molecular weight excluding hydrogens is 311 g/mol. The van der Waals surface area contributed by atoms with E-state index in [0.29, 0.717) is 11.1 Å². The van der Waals surface area contributed by atoms with Crippen LogP contribution >= 0.6 is 0 Å². The second-order valence-corrected chi connectivity index (χ2v) is 5.17. The van der Waals surface area contributed by atoms with Crippen LogP contribution in [0.5, 0.6) is 0 Å². The van der Waals surface area contributed by atoms with Crippen molar-refractivity contribution in [2.45, 2.75) is 25.4 Å². The highest BCUT2D eigenvalue weighted by Gasteiger charge is 2.24. The third-order valence-electron chi connectivity index (χ3n) is 3.26. The van der Waals surface area contributed by atoms with Crippen LogP contribution in [-0.4, -0.2) is 29.1 Å². The lowest BCUT2D eigenvalue weighted by Crippen LogP contribution is -2.49. The van der Waals surface area contributed by atoms with Gasteiger partial charge in [0.25, 0.3) is 0 Å². The Bertz CT molecular complexity index is 651. The first-order chi connectivity index (χ1) is 11.3. The van der Waals surface area contributed by atoms with Crippen molar-refractivity contribution < 1.29 is 19.1 Å². The molecule has 0 saturated carbocycles. The van der Waals surface area contributed by atoms with E-state index in [1.165, 1.54) is 24.3 Å². The largest absolute Gasteiger partial charge is 0.480 e. The number of carbonyl (C=O) groups excluding carboxylic acids is 1. The second kappa shape index (κ2) is 9.42. The van der Waals surface area contributed by atoms with Gasteiger partial charge in [0.15, 0.2) is 0 Å². The highest BCUT2D eigenvalue weighted by Crippen LogP contribution is 2.07. The van der Waals surface area contributed by atoms with Gasteiger partial charge in [0.05, 0.1) is 0 Å². The Hall–Kier alpha value is -2.73. The normalized spacial score (nSPS) is 13.8. The van der Waals surface area contributed by atoms with Crippen LogP contribution in [0.15, 0.2) is 60.7 Å². The number of carbonyl (C=O) groups is 2. The minimum atomic E-state index is -1.20. The molecule has 0 spiro atoms. The van der Waals surface area contributed by atoms with Crippen LogP contribution in [-0.2, 0) is 16.0 Å². The summed E-state index contributed by atoms with van der Waals surface area (Å²) in [5.74, 6) is -2.25. The summed E-state index contributed by atoms with van der Waals surface area (Å²) < 4.78 is 12.9. The predicted molar refractivity (Wildman–Crippen MR) is 90.7 cm³/mol. The van der Waals surface area contributed by atoms with Crippen LogP contribution in [0, 0.1) is 5.82 Å². The molecule has 0 aliphatic carbocycles. The summed E-state index contributed by atoms with van der Waals surface area (Å²) in [6.07, 6.45) is 6.85. The molecule has 24 heavy (non-hydrogen) atoms. The summed E-state index contributed by atoms with van der Waals surface area (Å²) in [5.41, 5.74) is 6.72. The Balaban J connectivity index is 2.73. The van der Waals surface area contributed by atoms with E-state index < -0.39 is 29.8 Å². The Labute approximate surface area is 140 Å². The lowest BCUT2D eigenvalue weighted by molar-refractivity contribution is -0.141. The van der Waals surface area contributed by atoms with Crippen LogP contribution in [0.3, 0.4) is 0 Å². The van der Waals surface area contributed by atoms with Crippen LogP contribution in [0.4, 0.5) is 4.39 Å². The van der Waals surface area contributed by atoms with Crippen molar-refractivity contribution in [3.63, 3.8) is 0 Å². The molecule has 5 nitrogen and oxygen atoms in total. The van der Waals surface area contributed by atoms with Crippen LogP contribution in [0.2, 0.25) is 0 Å². The summed E-state index contributed by atoms with van der Waals surface area (Å²) in [7, 11) is 0. The van der Waals surface area contributed by atoms with E-state index in [1.54, 1.807) is 24.3 Å². The van der Waals surface area contributed by atoms with Crippen molar-refractivity contribution in [2.75, 3.05) is 0 Å². The maximum absolute atomic E-state index is 12.9. The first-order valence-electron chi connectivity index (χ1n) is 7.36. The van der Waals surface area contributed by atoms with E-state index in [2.05, 4.69) is 11.9 Å². The molecule has 0 heterocycles. The lowest BCUT2D eigenvalue weighted by atomic mass is 10.0. The molecule has 2 atom stereocenters. The number of halogens is 1. The van der Waals surface area contributed by atoms with Crippen molar-refractivity contribution in [2.24, 2.45) is 5.73 Å². The highest BCUT2D eigenvalue weighted by atomic mass is 19.1. The number of carboxylic acids is 1. The fourth-order valence-electron chi connectivity index (χ4n) is 1.88. The lowest BCUT2D eigenvalue weighted by Gasteiger charge is -2.18. The van der Waals surface area contributed by atoms with E-state index in [1.807, 2.05) is 6.92 Å². The summed E-state index contributed by atoms with van der Waals surface area (Å²) in [5, 5.41) is 11.6. The zero-order chi connectivity index (χ0) is 18.1. The number of hydrogen-bond donors (Lipinski definition) is 3. The average molecular weight is 332 g/mol. The minimum absolute atomic E-state index is 0.0228. The van der Waals surface area contributed by atoms with Gasteiger partial charge in [-0.1, -0.05) is 43.0 Å². The second-order valence-electron chi connectivity index (χ2n) is 5.17. The van der Waals surface area contributed by atoms with Gasteiger partial charge >= 0.3 is 5.97 Å². The third-order valence-corrected chi connectivity index (χ3v) is 3.26. The molecule has 128 valence electrons. The van der Waals surface area contributed by atoms with Gasteiger partial charge < -0.3 is 16.2 Å². The zero-order valence-electron chi connectivity index (χ0n) is 13.4. The molecule has 1 amide bonds. The number of aliphatic carboxylic acids is 1. The van der Waals surface area contributed by atoms with Gasteiger partial charge in [0.1, 0.15) is 17.9 Å².